The number of halogens is 2. The Labute approximate surface area is 216 Å². The number of hydrogen-bond donors (Lipinski definition) is 4. The summed E-state index contributed by atoms with van der Waals surface area (Å²) in [5.41, 5.74) is 5.95. The van der Waals surface area contributed by atoms with Crippen LogP contribution in [0.15, 0.2) is 42.5 Å². The predicted molar refractivity (Wildman–Crippen MR) is 143 cm³/mol. The molecule has 3 amide bonds. The third-order valence-electron chi connectivity index (χ3n) is 6.05. The fourth-order valence-electron chi connectivity index (χ4n) is 4.23. The van der Waals surface area contributed by atoms with Crippen LogP contribution in [0.25, 0.3) is 11.6 Å². The van der Waals surface area contributed by atoms with Gasteiger partial charge < -0.3 is 20.9 Å². The monoisotopic (exact) mass is 552 g/mol. The molecule has 4 N–H and O–H groups in total. The largest absolute Gasteiger partial charge is 0.357 e. The average Bonchev–Trinajstić information content (AvgIpc) is 3.30. The van der Waals surface area contributed by atoms with E-state index in [2.05, 4.69) is 36.9 Å². The van der Waals surface area contributed by atoms with Gasteiger partial charge in [0.15, 0.2) is 0 Å². The van der Waals surface area contributed by atoms with Crippen molar-refractivity contribution in [1.29, 1.82) is 0 Å². The lowest BCUT2D eigenvalue weighted by atomic mass is 10.0. The van der Waals surface area contributed by atoms with E-state index in [0.717, 1.165) is 16.8 Å². The molecule has 1 aliphatic rings. The number of carbonyl (C=O) groups is 3. The SMILES string of the molecule is Cc1[nH]c(C=C2C(=O)Nc3ccc(C(=O)NC(C)Cc4ccc(F)cc4)cc32)c(C)c1NC(=O)CBr. The smallest absolute Gasteiger partial charge is 0.256 e. The molecule has 1 aromatic heterocycles. The van der Waals surface area contributed by atoms with E-state index < -0.39 is 0 Å². The van der Waals surface area contributed by atoms with Gasteiger partial charge in [-0.3, -0.25) is 14.4 Å². The van der Waals surface area contributed by atoms with Crippen LogP contribution in [-0.2, 0) is 16.0 Å². The van der Waals surface area contributed by atoms with E-state index >= 15 is 0 Å². The number of nitrogens with one attached hydrogen (secondary N) is 4. The molecule has 1 aliphatic heterocycles. The van der Waals surface area contributed by atoms with Crippen LogP contribution in [0, 0.1) is 19.7 Å². The van der Waals surface area contributed by atoms with E-state index in [9.17, 15) is 18.8 Å². The molecule has 4 rings (SSSR count). The first-order valence-corrected chi connectivity index (χ1v) is 12.6. The van der Waals surface area contributed by atoms with Crippen molar-refractivity contribution >= 4 is 56.7 Å². The number of amides is 3. The summed E-state index contributed by atoms with van der Waals surface area (Å²) in [5, 5.41) is 8.82. The topological polar surface area (TPSA) is 103 Å². The lowest BCUT2D eigenvalue weighted by Crippen LogP contribution is -2.34. The molecule has 186 valence electrons. The molecule has 1 atom stereocenters. The number of H-pyrrole nitrogens is 1. The first-order valence-electron chi connectivity index (χ1n) is 11.4. The number of aryl methyl sites for hydroxylation is 1. The van der Waals surface area contributed by atoms with Gasteiger partial charge in [-0.2, -0.15) is 0 Å². The molecule has 0 fully saturated rings. The van der Waals surface area contributed by atoms with Crippen molar-refractivity contribution in [2.45, 2.75) is 33.2 Å². The van der Waals surface area contributed by atoms with Crippen molar-refractivity contribution in [3.8, 4) is 0 Å². The van der Waals surface area contributed by atoms with Crippen LogP contribution < -0.4 is 16.0 Å². The Balaban J connectivity index is 1.56. The van der Waals surface area contributed by atoms with Gasteiger partial charge in [0.05, 0.1) is 16.6 Å². The molecular weight excluding hydrogens is 527 g/mol. The Morgan fingerprint density at radius 3 is 2.56 bits per heavy atom. The van der Waals surface area contributed by atoms with E-state index in [0.29, 0.717) is 40.2 Å². The number of alkyl halides is 1. The van der Waals surface area contributed by atoms with Crippen molar-refractivity contribution in [2.24, 2.45) is 0 Å². The van der Waals surface area contributed by atoms with Crippen molar-refractivity contribution in [1.82, 2.24) is 10.3 Å². The van der Waals surface area contributed by atoms with Gasteiger partial charge in [0.1, 0.15) is 5.82 Å². The molecule has 0 saturated heterocycles. The third-order valence-corrected chi connectivity index (χ3v) is 6.56. The molecule has 0 bridgehead atoms. The van der Waals surface area contributed by atoms with Gasteiger partial charge in [0, 0.05) is 34.2 Å². The fourth-order valence-corrected chi connectivity index (χ4v) is 4.37. The maximum Gasteiger partial charge on any atom is 0.256 e. The second kappa shape index (κ2) is 10.5. The molecule has 2 heterocycles. The molecule has 0 spiro atoms. The Hall–Kier alpha value is -3.72. The van der Waals surface area contributed by atoms with Crippen molar-refractivity contribution < 1.29 is 18.8 Å². The first kappa shape index (κ1) is 25.4. The summed E-state index contributed by atoms with van der Waals surface area (Å²) < 4.78 is 13.1. The molecular formula is C27H26BrFN4O3. The van der Waals surface area contributed by atoms with E-state index in [1.54, 1.807) is 36.4 Å². The normalized spacial score (nSPS) is 14.4. The summed E-state index contributed by atoms with van der Waals surface area (Å²) in [7, 11) is 0. The summed E-state index contributed by atoms with van der Waals surface area (Å²) in [6.45, 7) is 5.59. The van der Waals surface area contributed by atoms with E-state index in [-0.39, 0.29) is 34.9 Å². The second-order valence-electron chi connectivity index (χ2n) is 8.82. The molecule has 7 nitrogen and oxygen atoms in total. The highest BCUT2D eigenvalue weighted by Gasteiger charge is 2.26. The van der Waals surface area contributed by atoms with Gasteiger partial charge in [-0.25, -0.2) is 4.39 Å². The summed E-state index contributed by atoms with van der Waals surface area (Å²) in [4.78, 5) is 40.8. The van der Waals surface area contributed by atoms with Crippen LogP contribution >= 0.6 is 15.9 Å². The number of aromatic nitrogens is 1. The molecule has 0 aliphatic carbocycles. The van der Waals surface area contributed by atoms with Crippen molar-refractivity contribution in [3.63, 3.8) is 0 Å². The summed E-state index contributed by atoms with van der Waals surface area (Å²) in [6.07, 6.45) is 2.29. The van der Waals surface area contributed by atoms with Crippen LogP contribution in [0.3, 0.4) is 0 Å². The van der Waals surface area contributed by atoms with E-state index in [1.807, 2.05) is 20.8 Å². The number of hydrogen-bond acceptors (Lipinski definition) is 3. The van der Waals surface area contributed by atoms with Crippen LogP contribution in [0.4, 0.5) is 15.8 Å². The minimum Gasteiger partial charge on any atom is -0.357 e. The summed E-state index contributed by atoms with van der Waals surface area (Å²) >= 11 is 3.14. The van der Waals surface area contributed by atoms with Gasteiger partial charge in [-0.15, -0.1) is 0 Å². The molecule has 0 radical (unpaired) electrons. The molecule has 1 unspecified atom stereocenters. The predicted octanol–water partition coefficient (Wildman–Crippen LogP) is 4.96. The lowest BCUT2D eigenvalue weighted by molar-refractivity contribution is -0.114. The van der Waals surface area contributed by atoms with Gasteiger partial charge in [0.2, 0.25) is 5.91 Å². The summed E-state index contributed by atoms with van der Waals surface area (Å²) in [5.74, 6) is -1.01. The number of anilines is 2. The molecule has 36 heavy (non-hydrogen) atoms. The zero-order valence-electron chi connectivity index (χ0n) is 20.1. The van der Waals surface area contributed by atoms with Gasteiger partial charge >= 0.3 is 0 Å². The highest BCUT2D eigenvalue weighted by atomic mass is 79.9. The Morgan fingerprint density at radius 2 is 1.86 bits per heavy atom. The number of fused-ring (bicyclic) bond motifs is 1. The quantitative estimate of drug-likeness (QED) is 0.246. The van der Waals surface area contributed by atoms with Crippen LogP contribution in [0.1, 0.15) is 45.4 Å². The minimum atomic E-state index is -0.301. The number of benzene rings is 2. The molecule has 9 heteroatoms. The highest BCUT2D eigenvalue weighted by molar-refractivity contribution is 9.09. The zero-order valence-corrected chi connectivity index (χ0v) is 21.7. The first-order chi connectivity index (χ1) is 17.2. The van der Waals surface area contributed by atoms with E-state index in [1.165, 1.54) is 12.1 Å². The van der Waals surface area contributed by atoms with Crippen LogP contribution in [-0.4, -0.2) is 34.1 Å². The summed E-state index contributed by atoms with van der Waals surface area (Å²) in [6, 6.07) is 11.1. The Bertz CT molecular complexity index is 1380. The Morgan fingerprint density at radius 1 is 1.14 bits per heavy atom. The van der Waals surface area contributed by atoms with Gasteiger partial charge in [-0.05, 0) is 74.7 Å². The fraction of sp³-hybridized carbons (Fsp3) is 0.222. The molecule has 0 saturated carbocycles. The lowest BCUT2D eigenvalue weighted by Gasteiger charge is -2.14. The average molecular weight is 553 g/mol. The molecule has 2 aromatic carbocycles. The second-order valence-corrected chi connectivity index (χ2v) is 9.38. The number of carbonyl (C=O) groups excluding carboxylic acids is 3. The highest BCUT2D eigenvalue weighted by Crippen LogP contribution is 2.35. The van der Waals surface area contributed by atoms with Gasteiger partial charge in [-0.1, -0.05) is 28.1 Å². The number of aromatic amines is 1. The van der Waals surface area contributed by atoms with Crippen LogP contribution in [0.2, 0.25) is 0 Å². The minimum absolute atomic E-state index is 0.173. The number of rotatable bonds is 7. The van der Waals surface area contributed by atoms with Crippen molar-refractivity contribution in [2.75, 3.05) is 16.0 Å². The maximum absolute atomic E-state index is 13.1. The van der Waals surface area contributed by atoms with Crippen LogP contribution in [0.5, 0.6) is 0 Å². The van der Waals surface area contributed by atoms with E-state index in [4.69, 9.17) is 0 Å². The third kappa shape index (κ3) is 5.41. The molecule has 3 aromatic rings. The standard InChI is InChI=1S/C27H26BrFN4O3/c1-14(10-17-4-7-19(29)8-5-17)30-26(35)18-6-9-22-20(11-18)21(27(36)32-22)12-23-15(2)25(16(3)31-23)33-24(34)13-28/h4-9,11-12,14,31H,10,13H2,1-3H3,(H,30,35)(H,32,36)(H,33,34). The zero-order chi connectivity index (χ0) is 26.0. The van der Waals surface area contributed by atoms with Crippen molar-refractivity contribution in [3.05, 3.63) is 81.9 Å². The Kier molecular flexibility index (Phi) is 7.40. The maximum atomic E-state index is 13.1. The van der Waals surface area contributed by atoms with Gasteiger partial charge in [0.25, 0.3) is 11.8 Å².